The fourth-order valence-corrected chi connectivity index (χ4v) is 4.56. The molecule has 2 fully saturated rings. The van der Waals surface area contributed by atoms with Gasteiger partial charge in [-0.15, -0.1) is 0 Å². The Hall–Kier alpha value is -1.41. The number of benzene rings is 1. The lowest BCUT2D eigenvalue weighted by molar-refractivity contribution is -0.114. The first kappa shape index (κ1) is 12.3. The van der Waals surface area contributed by atoms with Crippen molar-refractivity contribution in [2.45, 2.75) is 44.3 Å². The van der Waals surface area contributed by atoms with E-state index >= 15 is 0 Å². The quantitative estimate of drug-likeness (QED) is 0.768. The van der Waals surface area contributed by atoms with Gasteiger partial charge in [-0.25, -0.2) is 0 Å². The van der Waals surface area contributed by atoms with Gasteiger partial charge in [0.2, 0.25) is 0 Å². The Labute approximate surface area is 119 Å². The average molecular weight is 268 g/mol. The minimum Gasteiger partial charge on any atom is -0.360 e. The molecule has 1 spiro atoms. The second-order valence-corrected chi connectivity index (χ2v) is 6.61. The Morgan fingerprint density at radius 1 is 1.25 bits per heavy atom. The highest BCUT2D eigenvalue weighted by atomic mass is 16.6. The number of hydrogen-bond acceptors (Lipinski definition) is 2. The molecule has 1 aliphatic heterocycles. The monoisotopic (exact) mass is 268 g/mol. The van der Waals surface area contributed by atoms with Crippen LogP contribution >= 0.6 is 0 Å². The zero-order chi connectivity index (χ0) is 13.9. The number of ketones is 1. The summed E-state index contributed by atoms with van der Waals surface area (Å²) in [6.07, 6.45) is 4.62. The summed E-state index contributed by atoms with van der Waals surface area (Å²) in [4.78, 5) is 12.0. The van der Waals surface area contributed by atoms with Crippen LogP contribution in [0.1, 0.15) is 38.2 Å². The molecule has 0 radical (unpaired) electrons. The topological polar surface area (TPSA) is 29.6 Å². The van der Waals surface area contributed by atoms with Crippen molar-refractivity contribution in [2.75, 3.05) is 0 Å². The standard InChI is InChI=1S/C18H20O2/c1-11-8-15(12(2)19)18-16(9-11)14(10-17(18)20-18)13-6-4-3-5-7-13/h3-8,11,14,16-17H,9-10H2,1-2H3/t11-,14-,16-,17-,18+/m0/s1. The highest BCUT2D eigenvalue weighted by molar-refractivity contribution is 5.96. The molecule has 3 aliphatic rings. The third-order valence-corrected chi connectivity index (χ3v) is 5.37. The molecule has 1 saturated carbocycles. The lowest BCUT2D eigenvalue weighted by Crippen LogP contribution is -2.35. The van der Waals surface area contributed by atoms with Crippen molar-refractivity contribution in [3.63, 3.8) is 0 Å². The van der Waals surface area contributed by atoms with Crippen LogP contribution in [0.5, 0.6) is 0 Å². The number of carbonyl (C=O) groups excluding carboxylic acids is 1. The summed E-state index contributed by atoms with van der Waals surface area (Å²) < 4.78 is 6.03. The van der Waals surface area contributed by atoms with Gasteiger partial charge in [-0.1, -0.05) is 43.3 Å². The maximum Gasteiger partial charge on any atom is 0.158 e. The molecule has 5 atom stereocenters. The summed E-state index contributed by atoms with van der Waals surface area (Å²) >= 11 is 0. The van der Waals surface area contributed by atoms with Gasteiger partial charge in [0, 0.05) is 11.5 Å². The minimum atomic E-state index is -0.237. The van der Waals surface area contributed by atoms with E-state index in [2.05, 4.69) is 43.3 Å². The van der Waals surface area contributed by atoms with Crippen molar-refractivity contribution in [1.82, 2.24) is 0 Å². The van der Waals surface area contributed by atoms with Crippen molar-refractivity contribution >= 4 is 5.78 Å². The maximum absolute atomic E-state index is 12.0. The van der Waals surface area contributed by atoms with Crippen LogP contribution in [0.25, 0.3) is 0 Å². The SMILES string of the molecule is CC(=O)C1=C[C@H](C)C[C@H]2[C@H](c3ccccc3)C[C@@H]3O[C@@]132. The van der Waals surface area contributed by atoms with E-state index in [0.717, 1.165) is 18.4 Å². The first-order valence-corrected chi connectivity index (χ1v) is 7.59. The Morgan fingerprint density at radius 2 is 2.00 bits per heavy atom. The van der Waals surface area contributed by atoms with E-state index in [0.29, 0.717) is 17.8 Å². The van der Waals surface area contributed by atoms with Crippen LogP contribution in [0.15, 0.2) is 42.0 Å². The highest BCUT2D eigenvalue weighted by Crippen LogP contribution is 2.66. The van der Waals surface area contributed by atoms with Crippen LogP contribution in [0.3, 0.4) is 0 Å². The Morgan fingerprint density at radius 3 is 2.70 bits per heavy atom. The number of epoxide rings is 1. The van der Waals surface area contributed by atoms with Crippen LogP contribution in [-0.2, 0) is 9.53 Å². The van der Waals surface area contributed by atoms with Gasteiger partial charge in [0.1, 0.15) is 5.60 Å². The van der Waals surface area contributed by atoms with Crippen LogP contribution in [0, 0.1) is 11.8 Å². The fourth-order valence-electron chi connectivity index (χ4n) is 4.56. The Balaban J connectivity index is 1.75. The van der Waals surface area contributed by atoms with Crippen molar-refractivity contribution in [2.24, 2.45) is 11.8 Å². The number of hydrogen-bond donors (Lipinski definition) is 0. The van der Waals surface area contributed by atoms with E-state index in [-0.39, 0.29) is 17.5 Å². The number of ether oxygens (including phenoxy) is 1. The van der Waals surface area contributed by atoms with Crippen LogP contribution < -0.4 is 0 Å². The van der Waals surface area contributed by atoms with Gasteiger partial charge in [0.25, 0.3) is 0 Å². The molecular weight excluding hydrogens is 248 g/mol. The second kappa shape index (κ2) is 4.05. The molecule has 2 heteroatoms. The third-order valence-electron chi connectivity index (χ3n) is 5.37. The zero-order valence-corrected chi connectivity index (χ0v) is 12.0. The summed E-state index contributed by atoms with van der Waals surface area (Å²) in [6, 6.07) is 10.7. The van der Waals surface area contributed by atoms with Crippen LogP contribution in [-0.4, -0.2) is 17.5 Å². The van der Waals surface area contributed by atoms with Crippen LogP contribution in [0.4, 0.5) is 0 Å². The summed E-state index contributed by atoms with van der Waals surface area (Å²) in [6.45, 7) is 3.90. The van der Waals surface area contributed by atoms with E-state index in [1.54, 1.807) is 6.92 Å². The van der Waals surface area contributed by atoms with Crippen molar-refractivity contribution in [1.29, 1.82) is 0 Å². The molecule has 0 bridgehead atoms. The van der Waals surface area contributed by atoms with Gasteiger partial charge in [0.05, 0.1) is 6.10 Å². The van der Waals surface area contributed by atoms with Crippen molar-refractivity contribution in [3.05, 3.63) is 47.5 Å². The molecule has 0 unspecified atom stereocenters. The molecule has 1 aromatic carbocycles. The predicted octanol–water partition coefficient (Wildman–Crippen LogP) is 3.48. The van der Waals surface area contributed by atoms with Gasteiger partial charge in [0.15, 0.2) is 5.78 Å². The maximum atomic E-state index is 12.0. The Bertz CT molecular complexity index is 589. The molecule has 0 N–H and O–H groups in total. The molecule has 1 heterocycles. The normalized spacial score (nSPS) is 41.6. The number of rotatable bonds is 2. The molecule has 0 aromatic heterocycles. The number of Topliss-reactive ketones (excluding diaryl/α,β-unsaturated/α-hetero) is 1. The summed E-state index contributed by atoms with van der Waals surface area (Å²) in [5, 5.41) is 0. The molecule has 4 rings (SSSR count). The van der Waals surface area contributed by atoms with Gasteiger partial charge in [-0.3, -0.25) is 4.79 Å². The van der Waals surface area contributed by atoms with Crippen LogP contribution in [0.2, 0.25) is 0 Å². The Kier molecular flexibility index (Phi) is 2.50. The molecule has 1 saturated heterocycles. The lowest BCUT2D eigenvalue weighted by atomic mass is 9.70. The molecule has 1 aromatic rings. The first-order chi connectivity index (χ1) is 9.63. The molecular formula is C18H20O2. The van der Waals surface area contributed by atoms with E-state index < -0.39 is 0 Å². The van der Waals surface area contributed by atoms with Gasteiger partial charge < -0.3 is 4.74 Å². The fraction of sp³-hybridized carbons (Fsp3) is 0.500. The summed E-state index contributed by atoms with van der Waals surface area (Å²) in [7, 11) is 0. The lowest BCUT2D eigenvalue weighted by Gasteiger charge is -2.34. The highest BCUT2D eigenvalue weighted by Gasteiger charge is 2.71. The number of carbonyl (C=O) groups is 1. The minimum absolute atomic E-state index is 0.192. The molecule has 104 valence electrons. The predicted molar refractivity (Wildman–Crippen MR) is 77.4 cm³/mol. The van der Waals surface area contributed by atoms with Crippen molar-refractivity contribution < 1.29 is 9.53 Å². The van der Waals surface area contributed by atoms with E-state index in [4.69, 9.17) is 4.74 Å². The molecule has 2 nitrogen and oxygen atoms in total. The van der Waals surface area contributed by atoms with Gasteiger partial charge in [-0.05, 0) is 37.2 Å². The summed E-state index contributed by atoms with van der Waals surface area (Å²) in [5.41, 5.74) is 2.12. The average Bonchev–Trinajstić information content (AvgIpc) is 3.06. The van der Waals surface area contributed by atoms with Crippen molar-refractivity contribution in [3.8, 4) is 0 Å². The van der Waals surface area contributed by atoms with E-state index in [1.807, 2.05) is 0 Å². The first-order valence-electron chi connectivity index (χ1n) is 7.59. The molecule has 20 heavy (non-hydrogen) atoms. The number of allylic oxidation sites excluding steroid dienone is 1. The third kappa shape index (κ3) is 1.51. The van der Waals surface area contributed by atoms with E-state index in [1.165, 1.54) is 5.56 Å². The second-order valence-electron chi connectivity index (χ2n) is 6.61. The smallest absolute Gasteiger partial charge is 0.158 e. The van der Waals surface area contributed by atoms with Gasteiger partial charge >= 0.3 is 0 Å². The van der Waals surface area contributed by atoms with Gasteiger partial charge in [-0.2, -0.15) is 0 Å². The largest absolute Gasteiger partial charge is 0.360 e. The molecule has 2 aliphatic carbocycles. The zero-order valence-electron chi connectivity index (χ0n) is 12.0. The molecule has 0 amide bonds. The summed E-state index contributed by atoms with van der Waals surface area (Å²) in [5.74, 6) is 1.67. The van der Waals surface area contributed by atoms with E-state index in [9.17, 15) is 4.79 Å².